The number of carbonyl (C=O) groups is 1. The number of hydrogen-bond acceptors (Lipinski definition) is 2. The maximum Gasteiger partial charge on any atom is 0.224 e. The summed E-state index contributed by atoms with van der Waals surface area (Å²) < 4.78 is 0. The summed E-state index contributed by atoms with van der Waals surface area (Å²) in [6.45, 7) is 3.58. The van der Waals surface area contributed by atoms with Gasteiger partial charge in [0.1, 0.15) is 0 Å². The predicted octanol–water partition coefficient (Wildman–Crippen LogP) is 1.96. The molecule has 0 heterocycles. The lowest BCUT2D eigenvalue weighted by molar-refractivity contribution is -0.124. The molecule has 0 aromatic heterocycles. The largest absolute Gasteiger partial charge is 0.356 e. The van der Waals surface area contributed by atoms with E-state index in [2.05, 4.69) is 10.6 Å². The number of rotatable bonds is 6. The minimum absolute atomic E-state index is 0. The standard InChI is InChI=1S/C12H24N2O.ClH/c1-10(9-13-2)12(15)14-8-7-11-5-3-4-6-11;/h10-11,13H,3-9H2,1-2H3,(H,14,15);1H. The van der Waals surface area contributed by atoms with Crippen LogP contribution in [0.4, 0.5) is 0 Å². The van der Waals surface area contributed by atoms with Crippen LogP contribution in [0.25, 0.3) is 0 Å². The number of hydrogen-bond donors (Lipinski definition) is 2. The van der Waals surface area contributed by atoms with Crippen LogP contribution in [0.3, 0.4) is 0 Å². The molecular weight excluding hydrogens is 224 g/mol. The maximum absolute atomic E-state index is 11.6. The molecule has 16 heavy (non-hydrogen) atoms. The highest BCUT2D eigenvalue weighted by Gasteiger charge is 2.16. The highest BCUT2D eigenvalue weighted by atomic mass is 35.5. The summed E-state index contributed by atoms with van der Waals surface area (Å²) in [6.07, 6.45) is 6.66. The summed E-state index contributed by atoms with van der Waals surface area (Å²) in [6, 6.07) is 0. The number of nitrogens with one attached hydrogen (secondary N) is 2. The van der Waals surface area contributed by atoms with Crippen LogP contribution in [0.2, 0.25) is 0 Å². The van der Waals surface area contributed by atoms with Crippen molar-refractivity contribution in [3.63, 3.8) is 0 Å². The normalized spacial score (nSPS) is 17.9. The molecule has 0 bridgehead atoms. The number of amides is 1. The first-order chi connectivity index (χ1) is 7.24. The molecular formula is C12H25ClN2O. The number of carbonyl (C=O) groups excluding carboxylic acids is 1. The first-order valence-corrected chi connectivity index (χ1v) is 6.16. The summed E-state index contributed by atoms with van der Waals surface area (Å²) in [5.41, 5.74) is 0. The Balaban J connectivity index is 0.00000225. The van der Waals surface area contributed by atoms with Crippen LogP contribution in [-0.2, 0) is 4.79 Å². The Labute approximate surface area is 105 Å². The molecule has 0 spiro atoms. The molecule has 1 atom stereocenters. The van der Waals surface area contributed by atoms with Crippen molar-refractivity contribution >= 4 is 18.3 Å². The van der Waals surface area contributed by atoms with Crippen molar-refractivity contribution in [3.05, 3.63) is 0 Å². The highest BCUT2D eigenvalue weighted by molar-refractivity contribution is 5.85. The van der Waals surface area contributed by atoms with Gasteiger partial charge < -0.3 is 10.6 Å². The third kappa shape index (κ3) is 5.71. The van der Waals surface area contributed by atoms with Crippen LogP contribution in [0.5, 0.6) is 0 Å². The zero-order valence-electron chi connectivity index (χ0n) is 10.4. The second kappa shape index (κ2) is 8.82. The van der Waals surface area contributed by atoms with Gasteiger partial charge in [0.2, 0.25) is 5.91 Å². The van der Waals surface area contributed by atoms with E-state index in [4.69, 9.17) is 0 Å². The fraction of sp³-hybridized carbons (Fsp3) is 0.917. The highest BCUT2D eigenvalue weighted by Crippen LogP contribution is 2.26. The summed E-state index contributed by atoms with van der Waals surface area (Å²) >= 11 is 0. The summed E-state index contributed by atoms with van der Waals surface area (Å²) in [7, 11) is 1.88. The Morgan fingerprint density at radius 2 is 2.00 bits per heavy atom. The van der Waals surface area contributed by atoms with Crippen molar-refractivity contribution in [2.24, 2.45) is 11.8 Å². The van der Waals surface area contributed by atoms with E-state index in [1.807, 2.05) is 14.0 Å². The Morgan fingerprint density at radius 1 is 1.38 bits per heavy atom. The van der Waals surface area contributed by atoms with E-state index in [1.165, 1.54) is 25.7 Å². The smallest absolute Gasteiger partial charge is 0.224 e. The van der Waals surface area contributed by atoms with Gasteiger partial charge >= 0.3 is 0 Å². The van der Waals surface area contributed by atoms with E-state index in [0.717, 1.165) is 25.4 Å². The average Bonchev–Trinajstić information content (AvgIpc) is 2.71. The minimum Gasteiger partial charge on any atom is -0.356 e. The summed E-state index contributed by atoms with van der Waals surface area (Å²) in [5, 5.41) is 6.03. The lowest BCUT2D eigenvalue weighted by Crippen LogP contribution is -2.35. The van der Waals surface area contributed by atoms with Gasteiger partial charge in [-0.05, 0) is 19.4 Å². The van der Waals surface area contributed by atoms with Gasteiger partial charge in [-0.25, -0.2) is 0 Å². The lowest BCUT2D eigenvalue weighted by Gasteiger charge is -2.13. The first kappa shape index (κ1) is 15.7. The third-order valence-electron chi connectivity index (χ3n) is 3.28. The molecule has 1 fully saturated rings. The van der Waals surface area contributed by atoms with Crippen LogP contribution in [-0.4, -0.2) is 26.0 Å². The molecule has 1 saturated carbocycles. The second-order valence-corrected chi connectivity index (χ2v) is 4.69. The van der Waals surface area contributed by atoms with Crippen molar-refractivity contribution in [3.8, 4) is 0 Å². The van der Waals surface area contributed by atoms with Crippen molar-refractivity contribution in [2.45, 2.75) is 39.0 Å². The summed E-state index contributed by atoms with van der Waals surface area (Å²) in [4.78, 5) is 11.6. The van der Waals surface area contributed by atoms with E-state index in [-0.39, 0.29) is 24.2 Å². The van der Waals surface area contributed by atoms with Crippen LogP contribution >= 0.6 is 12.4 Å². The van der Waals surface area contributed by atoms with E-state index in [1.54, 1.807) is 0 Å². The van der Waals surface area contributed by atoms with Gasteiger partial charge in [0.05, 0.1) is 0 Å². The van der Waals surface area contributed by atoms with E-state index >= 15 is 0 Å². The molecule has 1 rings (SSSR count). The van der Waals surface area contributed by atoms with Crippen molar-refractivity contribution < 1.29 is 4.79 Å². The molecule has 0 aromatic carbocycles. The molecule has 2 N–H and O–H groups in total. The van der Waals surface area contributed by atoms with Gasteiger partial charge in [-0.2, -0.15) is 0 Å². The van der Waals surface area contributed by atoms with Crippen LogP contribution in [0.15, 0.2) is 0 Å². The van der Waals surface area contributed by atoms with Gasteiger partial charge in [0.15, 0.2) is 0 Å². The molecule has 0 aliphatic heterocycles. The van der Waals surface area contributed by atoms with Gasteiger partial charge in [-0.15, -0.1) is 12.4 Å². The predicted molar refractivity (Wildman–Crippen MR) is 69.9 cm³/mol. The molecule has 1 unspecified atom stereocenters. The molecule has 3 nitrogen and oxygen atoms in total. The Bertz CT molecular complexity index is 193. The van der Waals surface area contributed by atoms with Gasteiger partial charge in [-0.3, -0.25) is 4.79 Å². The molecule has 0 aromatic rings. The van der Waals surface area contributed by atoms with Crippen LogP contribution < -0.4 is 10.6 Å². The minimum atomic E-state index is 0. The molecule has 1 aliphatic rings. The fourth-order valence-corrected chi connectivity index (χ4v) is 2.27. The zero-order valence-corrected chi connectivity index (χ0v) is 11.2. The zero-order chi connectivity index (χ0) is 11.1. The Hall–Kier alpha value is -0.280. The third-order valence-corrected chi connectivity index (χ3v) is 3.28. The van der Waals surface area contributed by atoms with Crippen molar-refractivity contribution in [1.29, 1.82) is 0 Å². The fourth-order valence-electron chi connectivity index (χ4n) is 2.27. The Morgan fingerprint density at radius 3 is 2.56 bits per heavy atom. The first-order valence-electron chi connectivity index (χ1n) is 6.16. The summed E-state index contributed by atoms with van der Waals surface area (Å²) in [5.74, 6) is 1.13. The Kier molecular flexibility index (Phi) is 8.67. The molecule has 1 aliphatic carbocycles. The van der Waals surface area contributed by atoms with Crippen LogP contribution in [0.1, 0.15) is 39.0 Å². The van der Waals surface area contributed by atoms with Gasteiger partial charge in [-0.1, -0.05) is 32.6 Å². The van der Waals surface area contributed by atoms with Gasteiger partial charge in [0, 0.05) is 19.0 Å². The second-order valence-electron chi connectivity index (χ2n) is 4.69. The quantitative estimate of drug-likeness (QED) is 0.755. The molecule has 4 heteroatoms. The average molecular weight is 249 g/mol. The lowest BCUT2D eigenvalue weighted by atomic mass is 10.0. The number of halogens is 1. The SMILES string of the molecule is CNCC(C)C(=O)NCCC1CCCC1.Cl. The monoisotopic (exact) mass is 248 g/mol. The topological polar surface area (TPSA) is 41.1 Å². The molecule has 0 saturated heterocycles. The van der Waals surface area contributed by atoms with E-state index in [9.17, 15) is 4.79 Å². The van der Waals surface area contributed by atoms with E-state index in [0.29, 0.717) is 0 Å². The molecule has 96 valence electrons. The van der Waals surface area contributed by atoms with Crippen molar-refractivity contribution in [1.82, 2.24) is 10.6 Å². The maximum atomic E-state index is 11.6. The van der Waals surface area contributed by atoms with Crippen molar-refractivity contribution in [2.75, 3.05) is 20.1 Å². The van der Waals surface area contributed by atoms with Crippen LogP contribution in [0, 0.1) is 11.8 Å². The molecule has 1 amide bonds. The molecule has 0 radical (unpaired) electrons. The van der Waals surface area contributed by atoms with E-state index < -0.39 is 0 Å². The van der Waals surface area contributed by atoms with Gasteiger partial charge in [0.25, 0.3) is 0 Å².